The van der Waals surface area contributed by atoms with Crippen molar-refractivity contribution in [2.45, 2.75) is 6.42 Å². The molecule has 0 amide bonds. The third-order valence-corrected chi connectivity index (χ3v) is 1.13. The van der Waals surface area contributed by atoms with Gasteiger partial charge in [-0.1, -0.05) is 0 Å². The number of hydrogen-bond donors (Lipinski definition) is 2. The Kier molecular flexibility index (Phi) is 21.6. The first-order valence-corrected chi connectivity index (χ1v) is 4.51. The number of hydrogen-bond acceptors (Lipinski definition) is 3. The zero-order chi connectivity index (χ0) is 7.54. The van der Waals surface area contributed by atoms with E-state index < -0.39 is 15.0 Å². The topological polar surface area (TPSA) is 63.3 Å². The van der Waals surface area contributed by atoms with Gasteiger partial charge >= 0.3 is 23.0 Å². The van der Waals surface area contributed by atoms with Crippen LogP contribution in [-0.4, -0.2) is 16.2 Å². The molecule has 0 rings (SSSR count). The van der Waals surface area contributed by atoms with E-state index >= 15 is 0 Å². The van der Waals surface area contributed by atoms with Crippen molar-refractivity contribution in [1.29, 1.82) is 0 Å². The van der Waals surface area contributed by atoms with Gasteiger partial charge in [-0.15, -0.1) is 0 Å². The molecule has 60 valence electrons. The molecule has 0 bridgehead atoms. The molecule has 0 aliphatic rings. The second-order valence-corrected chi connectivity index (χ2v) is 2.25. The fraction of sp³-hybridized carbons (Fsp3) is 0.750. The van der Waals surface area contributed by atoms with Crippen molar-refractivity contribution in [2.24, 2.45) is 5.73 Å². The second kappa shape index (κ2) is 15.8. The van der Waals surface area contributed by atoms with Gasteiger partial charge in [-0.2, -0.15) is 18.2 Å². The summed E-state index contributed by atoms with van der Waals surface area (Å²) in [5, 5.41) is 0. The Morgan fingerprint density at radius 1 is 1.89 bits per heavy atom. The van der Waals surface area contributed by atoms with E-state index in [1.165, 1.54) is 0 Å². The summed E-state index contributed by atoms with van der Waals surface area (Å²) in [6.45, 7) is 1.69. The zero-order valence-corrected chi connectivity index (χ0v) is 7.02. The first-order chi connectivity index (χ1) is 4.33. The van der Waals surface area contributed by atoms with Crippen LogP contribution in [0.5, 0.6) is 0 Å². The molecule has 0 aromatic carbocycles. The van der Waals surface area contributed by atoms with Crippen LogP contribution in [-0.2, 0) is 18.8 Å². The molecular weight excluding hydrogens is 185 g/mol. The van der Waals surface area contributed by atoms with Crippen molar-refractivity contribution in [1.82, 2.24) is 0 Å². The van der Waals surface area contributed by atoms with Crippen molar-refractivity contribution >= 4 is 11.8 Å². The van der Waals surface area contributed by atoms with Crippen LogP contribution in [0, 0.1) is 6.54 Å². The van der Waals surface area contributed by atoms with Crippen LogP contribution in [0.25, 0.3) is 0 Å². The van der Waals surface area contributed by atoms with Crippen LogP contribution in [0.2, 0.25) is 0 Å². The minimum absolute atomic E-state index is 0.812. The summed E-state index contributed by atoms with van der Waals surface area (Å²) < 4.78 is 15.4. The molecule has 0 fully saturated rings. The van der Waals surface area contributed by atoms with Gasteiger partial charge in [0.15, 0.2) is 0 Å². The van der Waals surface area contributed by atoms with Gasteiger partial charge in [0.2, 0.25) is 0 Å². The Morgan fingerprint density at radius 2 is 2.33 bits per heavy atom. The molecule has 3 nitrogen and oxygen atoms in total. The number of nitrogens with two attached hydrogens (primary N) is 1. The fourth-order valence-corrected chi connectivity index (χ4v) is 0.558. The van der Waals surface area contributed by atoms with E-state index in [-0.39, 0.29) is 0 Å². The molecule has 0 spiro atoms. The Hall–Kier alpha value is 0.576. The van der Waals surface area contributed by atoms with Crippen molar-refractivity contribution in [2.75, 3.05) is 12.0 Å². The van der Waals surface area contributed by atoms with E-state index in [0.717, 1.165) is 12.2 Å². The monoisotopic (exact) mass is 196 g/mol. The standard InChI is InChI=1S/C4H10NS.Co.H2O.O/c1-6-4-2-3-5;;;/h3H,2,4-5H2,1H3;;1H2;/q-1;+1;;/p-1. The van der Waals surface area contributed by atoms with Crippen LogP contribution < -0.4 is 5.73 Å². The van der Waals surface area contributed by atoms with E-state index in [1.54, 1.807) is 6.54 Å². The van der Waals surface area contributed by atoms with E-state index in [9.17, 15) is 0 Å². The van der Waals surface area contributed by atoms with Crippen LogP contribution >= 0.6 is 11.8 Å². The molecule has 0 heterocycles. The predicted octanol–water partition coefficient (Wildman–Crippen LogP) is 0.182. The molecule has 0 aromatic heterocycles. The molecule has 0 saturated heterocycles. The SMILES string of the molecule is CSCC[CH-]N.[O]=[Co][OH]. The molecule has 0 aromatic rings. The molecule has 0 atom stereocenters. The van der Waals surface area contributed by atoms with Gasteiger partial charge in [-0.3, -0.25) is 6.54 Å². The van der Waals surface area contributed by atoms with Crippen molar-refractivity contribution in [3.8, 4) is 0 Å². The van der Waals surface area contributed by atoms with E-state index in [4.69, 9.17) is 13.8 Å². The Morgan fingerprint density at radius 3 is 2.44 bits per heavy atom. The van der Waals surface area contributed by atoms with Crippen LogP contribution in [0.3, 0.4) is 0 Å². The van der Waals surface area contributed by atoms with Gasteiger partial charge in [-0.25, -0.2) is 0 Å². The third kappa shape index (κ3) is 29.0. The average molecular weight is 196 g/mol. The van der Waals surface area contributed by atoms with E-state index in [2.05, 4.69) is 6.26 Å². The Balaban J connectivity index is 0. The predicted molar refractivity (Wildman–Crippen MR) is 34.4 cm³/mol. The van der Waals surface area contributed by atoms with Gasteiger partial charge in [0.05, 0.1) is 0 Å². The molecule has 0 aliphatic heterocycles. The summed E-state index contributed by atoms with van der Waals surface area (Å²) in [5.41, 5.74) is 5.08. The Bertz CT molecular complexity index is 51.8. The number of thioether (sulfide) groups is 1. The summed E-state index contributed by atoms with van der Waals surface area (Å²) in [6, 6.07) is 0. The molecule has 0 unspecified atom stereocenters. The quantitative estimate of drug-likeness (QED) is 0.499. The normalized spacial score (nSPS) is 8.33. The van der Waals surface area contributed by atoms with Gasteiger partial charge < -0.3 is 5.73 Å². The Labute approximate surface area is 65.9 Å². The van der Waals surface area contributed by atoms with Gasteiger partial charge in [0.25, 0.3) is 0 Å². The maximum atomic E-state index is 8.45. The summed E-state index contributed by atoms with van der Waals surface area (Å²) >= 11 is 1.00. The van der Waals surface area contributed by atoms with Crippen LogP contribution in [0.4, 0.5) is 0 Å². The summed E-state index contributed by atoms with van der Waals surface area (Å²) in [7, 11) is 0. The molecule has 0 saturated carbocycles. The van der Waals surface area contributed by atoms with Gasteiger partial charge in [-0.05, 0) is 12.0 Å². The molecule has 9 heavy (non-hydrogen) atoms. The molecule has 5 heteroatoms. The molecule has 3 N–H and O–H groups in total. The summed E-state index contributed by atoms with van der Waals surface area (Å²) in [4.78, 5) is 0. The van der Waals surface area contributed by atoms with Crippen LogP contribution in [0.15, 0.2) is 0 Å². The van der Waals surface area contributed by atoms with Gasteiger partial charge in [0.1, 0.15) is 0 Å². The fourth-order valence-electron chi connectivity index (χ4n) is 0.186. The zero-order valence-electron chi connectivity index (χ0n) is 5.17. The molecule has 0 radical (unpaired) electrons. The van der Waals surface area contributed by atoms with E-state index in [1.807, 2.05) is 11.8 Å². The van der Waals surface area contributed by atoms with Crippen molar-refractivity contribution in [3.05, 3.63) is 6.54 Å². The van der Waals surface area contributed by atoms with Crippen molar-refractivity contribution in [3.63, 3.8) is 0 Å². The van der Waals surface area contributed by atoms with Crippen molar-refractivity contribution < 1.29 is 23.0 Å². The average Bonchev–Trinajstić information content (AvgIpc) is 1.86. The third-order valence-electron chi connectivity index (χ3n) is 0.489. The first kappa shape index (κ1) is 12.3. The minimum atomic E-state index is -0.812. The first-order valence-electron chi connectivity index (χ1n) is 2.22. The number of rotatable bonds is 3. The van der Waals surface area contributed by atoms with Gasteiger partial charge in [0, 0.05) is 0 Å². The molecule has 0 aliphatic carbocycles. The summed E-state index contributed by atoms with van der Waals surface area (Å²) in [5.74, 6) is 1.15. The van der Waals surface area contributed by atoms with Crippen LogP contribution in [0.1, 0.15) is 6.42 Å². The maximum absolute atomic E-state index is 8.45. The summed E-state index contributed by atoms with van der Waals surface area (Å²) in [6.07, 6.45) is 3.10. The van der Waals surface area contributed by atoms with E-state index in [0.29, 0.717) is 0 Å². The molecular formula is C4H11CoNO2S-. The second-order valence-electron chi connectivity index (χ2n) is 1.08.